The Balaban J connectivity index is 1.71. The summed E-state index contributed by atoms with van der Waals surface area (Å²) in [6, 6.07) is 12.9. The Labute approximate surface area is 139 Å². The van der Waals surface area contributed by atoms with Crippen LogP contribution < -0.4 is 10.2 Å². The van der Waals surface area contributed by atoms with Gasteiger partial charge in [0.05, 0.1) is 11.6 Å². The second kappa shape index (κ2) is 5.82. The summed E-state index contributed by atoms with van der Waals surface area (Å²) in [7, 11) is 0. The highest BCUT2D eigenvalue weighted by Crippen LogP contribution is 2.25. The standard InChI is InChI=1S/C18H10O5S/c19-13-10-16(15-3-1-7-21-15)23-14-6-5-11(9-12(13)14)22-18(20)17-4-2-8-24-17/h1-10H. The zero-order chi connectivity index (χ0) is 16.5. The summed E-state index contributed by atoms with van der Waals surface area (Å²) in [6.45, 7) is 0. The van der Waals surface area contributed by atoms with Crippen LogP contribution in [-0.2, 0) is 0 Å². The highest BCUT2D eigenvalue weighted by atomic mass is 32.1. The van der Waals surface area contributed by atoms with Crippen molar-refractivity contribution < 1.29 is 18.4 Å². The maximum Gasteiger partial charge on any atom is 0.353 e. The normalized spacial score (nSPS) is 10.8. The Bertz CT molecular complexity index is 1060. The first kappa shape index (κ1) is 14.5. The molecule has 0 atom stereocenters. The maximum atomic E-state index is 12.3. The van der Waals surface area contributed by atoms with Gasteiger partial charge in [-0.15, -0.1) is 11.3 Å². The van der Waals surface area contributed by atoms with E-state index >= 15 is 0 Å². The predicted octanol–water partition coefficient (Wildman–Crippen LogP) is 4.33. The van der Waals surface area contributed by atoms with Crippen LogP contribution in [0.1, 0.15) is 9.67 Å². The molecule has 0 N–H and O–H groups in total. The fourth-order valence-corrected chi connectivity index (χ4v) is 2.89. The minimum atomic E-state index is -0.457. The Kier molecular flexibility index (Phi) is 3.51. The third kappa shape index (κ3) is 2.63. The van der Waals surface area contributed by atoms with Crippen LogP contribution in [0.5, 0.6) is 5.75 Å². The molecule has 0 aliphatic carbocycles. The number of thiophene rings is 1. The van der Waals surface area contributed by atoms with Crippen molar-refractivity contribution in [3.05, 3.63) is 75.3 Å². The predicted molar refractivity (Wildman–Crippen MR) is 89.5 cm³/mol. The summed E-state index contributed by atoms with van der Waals surface area (Å²) < 4.78 is 16.2. The van der Waals surface area contributed by atoms with Crippen LogP contribution in [0.3, 0.4) is 0 Å². The van der Waals surface area contributed by atoms with Crippen LogP contribution in [0.25, 0.3) is 22.5 Å². The van der Waals surface area contributed by atoms with Gasteiger partial charge >= 0.3 is 5.97 Å². The number of ether oxygens (including phenoxy) is 1. The first-order valence-corrected chi connectivity index (χ1v) is 7.96. The van der Waals surface area contributed by atoms with Gasteiger partial charge in [0, 0.05) is 6.07 Å². The molecule has 1 aromatic carbocycles. The van der Waals surface area contributed by atoms with Gasteiger partial charge in [-0.05, 0) is 41.8 Å². The minimum Gasteiger partial charge on any atom is -0.461 e. The van der Waals surface area contributed by atoms with E-state index in [9.17, 15) is 9.59 Å². The molecule has 5 nitrogen and oxygen atoms in total. The van der Waals surface area contributed by atoms with Crippen molar-refractivity contribution in [3.63, 3.8) is 0 Å². The number of benzene rings is 1. The third-order valence-corrected chi connectivity index (χ3v) is 4.25. The van der Waals surface area contributed by atoms with Crippen LogP contribution in [0.15, 0.2) is 73.8 Å². The molecule has 24 heavy (non-hydrogen) atoms. The average Bonchev–Trinajstić information content (AvgIpc) is 3.29. The van der Waals surface area contributed by atoms with Crippen LogP contribution in [0, 0.1) is 0 Å². The Morgan fingerprint density at radius 1 is 1.04 bits per heavy atom. The number of rotatable bonds is 3. The molecule has 118 valence electrons. The van der Waals surface area contributed by atoms with E-state index in [0.29, 0.717) is 33.1 Å². The Morgan fingerprint density at radius 2 is 1.96 bits per heavy atom. The van der Waals surface area contributed by atoms with E-state index in [1.807, 2.05) is 0 Å². The lowest BCUT2D eigenvalue weighted by Gasteiger charge is -2.05. The SMILES string of the molecule is O=C(Oc1ccc2oc(-c3ccco3)cc(=O)c2c1)c1cccs1. The molecule has 0 aliphatic rings. The van der Waals surface area contributed by atoms with Gasteiger partial charge in [-0.3, -0.25) is 4.79 Å². The van der Waals surface area contributed by atoms with Crippen LogP contribution in [0.4, 0.5) is 0 Å². The van der Waals surface area contributed by atoms with E-state index in [-0.39, 0.29) is 5.43 Å². The lowest BCUT2D eigenvalue weighted by Crippen LogP contribution is -2.07. The second-order valence-corrected chi connectivity index (χ2v) is 5.92. The third-order valence-electron chi connectivity index (χ3n) is 3.40. The van der Waals surface area contributed by atoms with E-state index in [1.54, 1.807) is 41.8 Å². The average molecular weight is 338 g/mol. The molecule has 0 amide bonds. The molecule has 0 spiro atoms. The number of fused-ring (bicyclic) bond motifs is 1. The van der Waals surface area contributed by atoms with Crippen molar-refractivity contribution in [2.45, 2.75) is 0 Å². The lowest BCUT2D eigenvalue weighted by atomic mass is 10.2. The van der Waals surface area contributed by atoms with E-state index in [0.717, 1.165) is 0 Å². The molecule has 0 bridgehead atoms. The number of furan rings is 1. The van der Waals surface area contributed by atoms with Gasteiger partial charge in [-0.2, -0.15) is 0 Å². The van der Waals surface area contributed by atoms with Crippen molar-refractivity contribution in [3.8, 4) is 17.3 Å². The first-order chi connectivity index (χ1) is 11.7. The number of esters is 1. The topological polar surface area (TPSA) is 69.7 Å². The molecule has 4 rings (SSSR count). The Hall–Kier alpha value is -3.12. The van der Waals surface area contributed by atoms with Gasteiger partial charge in [0.25, 0.3) is 0 Å². The van der Waals surface area contributed by atoms with Gasteiger partial charge in [0.2, 0.25) is 0 Å². The fourth-order valence-electron chi connectivity index (χ4n) is 2.29. The van der Waals surface area contributed by atoms with Crippen molar-refractivity contribution in [1.82, 2.24) is 0 Å². The minimum absolute atomic E-state index is 0.239. The number of hydrogen-bond donors (Lipinski definition) is 0. The summed E-state index contributed by atoms with van der Waals surface area (Å²) in [5.41, 5.74) is 0.154. The van der Waals surface area contributed by atoms with Crippen LogP contribution >= 0.6 is 11.3 Å². The van der Waals surface area contributed by atoms with E-state index < -0.39 is 5.97 Å². The van der Waals surface area contributed by atoms with E-state index in [1.165, 1.54) is 29.7 Å². The van der Waals surface area contributed by atoms with E-state index in [4.69, 9.17) is 13.6 Å². The molecular formula is C18H10O5S. The fraction of sp³-hybridized carbons (Fsp3) is 0. The van der Waals surface area contributed by atoms with E-state index in [2.05, 4.69) is 0 Å². The quantitative estimate of drug-likeness (QED) is 0.411. The highest BCUT2D eigenvalue weighted by molar-refractivity contribution is 7.12. The molecule has 0 aliphatic heterocycles. The molecule has 6 heteroatoms. The first-order valence-electron chi connectivity index (χ1n) is 7.08. The van der Waals surface area contributed by atoms with Crippen molar-refractivity contribution in [2.75, 3.05) is 0 Å². The zero-order valence-corrected chi connectivity index (χ0v) is 13.0. The molecular weight excluding hydrogens is 328 g/mol. The number of carbonyl (C=O) groups is 1. The molecule has 0 unspecified atom stereocenters. The second-order valence-electron chi connectivity index (χ2n) is 4.98. The van der Waals surface area contributed by atoms with Crippen molar-refractivity contribution >= 4 is 28.3 Å². The summed E-state index contributed by atoms with van der Waals surface area (Å²) >= 11 is 1.29. The van der Waals surface area contributed by atoms with Crippen molar-refractivity contribution in [1.29, 1.82) is 0 Å². The number of carbonyl (C=O) groups excluding carboxylic acids is 1. The molecule has 0 saturated carbocycles. The van der Waals surface area contributed by atoms with Crippen LogP contribution in [-0.4, -0.2) is 5.97 Å². The largest absolute Gasteiger partial charge is 0.461 e. The summed E-state index contributed by atoms with van der Waals surface area (Å²) in [6.07, 6.45) is 1.51. The molecule has 0 radical (unpaired) electrons. The van der Waals surface area contributed by atoms with Gasteiger partial charge < -0.3 is 13.6 Å². The molecule has 4 aromatic rings. The van der Waals surface area contributed by atoms with Gasteiger partial charge in [0.1, 0.15) is 16.2 Å². The smallest absolute Gasteiger partial charge is 0.353 e. The monoisotopic (exact) mass is 338 g/mol. The summed E-state index contributed by atoms with van der Waals surface area (Å²) in [4.78, 5) is 24.8. The van der Waals surface area contributed by atoms with Crippen molar-refractivity contribution in [2.24, 2.45) is 0 Å². The molecule has 3 heterocycles. The van der Waals surface area contributed by atoms with Crippen LogP contribution in [0.2, 0.25) is 0 Å². The summed E-state index contributed by atoms with van der Waals surface area (Å²) in [5, 5.41) is 2.13. The van der Waals surface area contributed by atoms with Gasteiger partial charge in [-0.25, -0.2) is 4.79 Å². The molecule has 0 fully saturated rings. The summed E-state index contributed by atoms with van der Waals surface area (Å²) in [5.74, 6) is 0.655. The number of hydrogen-bond acceptors (Lipinski definition) is 6. The highest BCUT2D eigenvalue weighted by Gasteiger charge is 2.13. The molecule has 0 saturated heterocycles. The van der Waals surface area contributed by atoms with Gasteiger partial charge in [-0.1, -0.05) is 6.07 Å². The maximum absolute atomic E-state index is 12.3. The Morgan fingerprint density at radius 3 is 2.71 bits per heavy atom. The van der Waals surface area contributed by atoms with Gasteiger partial charge in [0.15, 0.2) is 16.9 Å². The zero-order valence-electron chi connectivity index (χ0n) is 12.2. The molecule has 3 aromatic heterocycles. The lowest BCUT2D eigenvalue weighted by molar-refractivity contribution is 0.0740.